The Morgan fingerprint density at radius 2 is 1.70 bits per heavy atom. The van der Waals surface area contributed by atoms with Crippen molar-refractivity contribution in [1.29, 1.82) is 0 Å². The Kier molecular flexibility index (Phi) is 9.10. The molecule has 2 aromatic carbocycles. The van der Waals surface area contributed by atoms with Gasteiger partial charge in [-0.1, -0.05) is 70.2 Å². The topological polar surface area (TPSA) is 15.7 Å². The van der Waals surface area contributed by atoms with Crippen molar-refractivity contribution in [3.63, 3.8) is 0 Å². The van der Waals surface area contributed by atoms with Crippen LogP contribution >= 0.6 is 11.8 Å². The van der Waals surface area contributed by atoms with Crippen LogP contribution in [0.3, 0.4) is 0 Å². The summed E-state index contributed by atoms with van der Waals surface area (Å²) in [5.74, 6) is 1.71. The Hall–Kier alpha value is -1.49. The molecule has 0 spiro atoms. The summed E-state index contributed by atoms with van der Waals surface area (Å²) in [5.41, 5.74) is 2.78. The summed E-state index contributed by atoms with van der Waals surface area (Å²) in [6.45, 7) is 13.7. The van der Waals surface area contributed by atoms with Crippen LogP contribution in [0.2, 0.25) is 0 Å². The molecule has 4 heteroatoms. The molecule has 2 aromatic rings. The molecule has 1 heterocycles. The quantitative estimate of drug-likeness (QED) is 0.455. The van der Waals surface area contributed by atoms with Crippen LogP contribution in [-0.4, -0.2) is 49.5 Å². The van der Waals surface area contributed by atoms with E-state index in [9.17, 15) is 0 Å². The first kappa shape index (κ1) is 23.2. The molecule has 0 bridgehead atoms. The molecule has 0 radical (unpaired) electrons. The Balaban J connectivity index is 1.92. The summed E-state index contributed by atoms with van der Waals surface area (Å²) in [5, 5.41) is 0. The fourth-order valence-corrected chi connectivity index (χ4v) is 5.42. The molecule has 3 nitrogen and oxygen atoms in total. The number of hydrogen-bond donors (Lipinski definition) is 0. The number of likely N-dealkylation sites (N-methyl/N-ethyl adjacent to an activating group) is 1. The first-order valence-electron chi connectivity index (χ1n) is 11.5. The third-order valence-corrected chi connectivity index (χ3v) is 6.98. The van der Waals surface area contributed by atoms with Gasteiger partial charge < -0.3 is 9.64 Å². The summed E-state index contributed by atoms with van der Waals surface area (Å²) < 4.78 is 6.17. The van der Waals surface area contributed by atoms with Gasteiger partial charge in [-0.15, -0.1) is 11.8 Å². The van der Waals surface area contributed by atoms with Crippen molar-refractivity contribution < 1.29 is 4.74 Å². The maximum Gasteiger partial charge on any atom is 0.0639 e. The monoisotopic (exact) mass is 426 g/mol. The summed E-state index contributed by atoms with van der Waals surface area (Å²) in [7, 11) is 0. The maximum atomic E-state index is 6.17. The molecule has 0 saturated heterocycles. The second kappa shape index (κ2) is 11.8. The highest BCUT2D eigenvalue weighted by Gasteiger charge is 2.29. The van der Waals surface area contributed by atoms with Gasteiger partial charge in [0.05, 0.1) is 24.4 Å². The fourth-order valence-electron chi connectivity index (χ4n) is 4.35. The molecule has 30 heavy (non-hydrogen) atoms. The Bertz CT molecular complexity index is 748. The van der Waals surface area contributed by atoms with Crippen LogP contribution in [0.1, 0.15) is 45.7 Å². The predicted octanol–water partition coefficient (Wildman–Crippen LogP) is 6.11. The fraction of sp³-hybridized carbons (Fsp3) is 0.538. The van der Waals surface area contributed by atoms with E-state index in [4.69, 9.17) is 4.74 Å². The lowest BCUT2D eigenvalue weighted by Crippen LogP contribution is -2.48. The second-order valence-electron chi connectivity index (χ2n) is 8.49. The summed E-state index contributed by atoms with van der Waals surface area (Å²) in [4.78, 5) is 6.62. The second-order valence-corrected chi connectivity index (χ2v) is 9.63. The average Bonchev–Trinajstić information content (AvgIpc) is 2.94. The molecule has 0 saturated carbocycles. The van der Waals surface area contributed by atoms with Crippen molar-refractivity contribution in [2.45, 2.75) is 51.1 Å². The van der Waals surface area contributed by atoms with Gasteiger partial charge >= 0.3 is 0 Å². The van der Waals surface area contributed by atoms with E-state index in [2.05, 4.69) is 92.1 Å². The van der Waals surface area contributed by atoms with Crippen molar-refractivity contribution in [3.8, 4) is 0 Å². The zero-order chi connectivity index (χ0) is 21.3. The number of ether oxygens (including phenoxy) is 1. The molecule has 2 unspecified atom stereocenters. The molecular formula is C26H38N2OS. The summed E-state index contributed by atoms with van der Waals surface area (Å²) in [6, 6.07) is 20.7. The van der Waals surface area contributed by atoms with Gasteiger partial charge in [0.15, 0.2) is 0 Å². The van der Waals surface area contributed by atoms with Crippen LogP contribution < -0.4 is 4.90 Å². The van der Waals surface area contributed by atoms with Crippen molar-refractivity contribution >= 4 is 17.4 Å². The van der Waals surface area contributed by atoms with Gasteiger partial charge in [0.1, 0.15) is 0 Å². The van der Waals surface area contributed by atoms with Gasteiger partial charge in [-0.3, -0.25) is 4.90 Å². The first-order valence-corrected chi connectivity index (χ1v) is 12.5. The van der Waals surface area contributed by atoms with E-state index in [1.807, 2.05) is 11.8 Å². The molecule has 0 aliphatic carbocycles. The third kappa shape index (κ3) is 6.03. The lowest BCUT2D eigenvalue weighted by molar-refractivity contribution is 0.0514. The molecule has 1 aliphatic heterocycles. The summed E-state index contributed by atoms with van der Waals surface area (Å²) in [6.07, 6.45) is 1.15. The van der Waals surface area contributed by atoms with Crippen molar-refractivity contribution in [1.82, 2.24) is 4.90 Å². The van der Waals surface area contributed by atoms with Gasteiger partial charge in [-0.05, 0) is 43.1 Å². The van der Waals surface area contributed by atoms with E-state index >= 15 is 0 Å². The smallest absolute Gasteiger partial charge is 0.0639 e. The van der Waals surface area contributed by atoms with E-state index < -0.39 is 0 Å². The molecular weight excluding hydrogens is 388 g/mol. The minimum Gasteiger partial charge on any atom is -0.379 e. The van der Waals surface area contributed by atoms with Crippen LogP contribution in [0, 0.1) is 5.92 Å². The molecule has 0 N–H and O–H groups in total. The summed E-state index contributed by atoms with van der Waals surface area (Å²) >= 11 is 1.99. The first-order chi connectivity index (χ1) is 14.6. The highest BCUT2D eigenvalue weighted by molar-refractivity contribution is 7.99. The predicted molar refractivity (Wildman–Crippen MR) is 131 cm³/mol. The number of rotatable bonds is 10. The van der Waals surface area contributed by atoms with Gasteiger partial charge in [-0.25, -0.2) is 0 Å². The van der Waals surface area contributed by atoms with E-state index in [1.54, 1.807) is 0 Å². The van der Waals surface area contributed by atoms with Crippen LogP contribution in [0.5, 0.6) is 0 Å². The Labute approximate surface area is 187 Å². The van der Waals surface area contributed by atoms with E-state index in [1.165, 1.54) is 16.1 Å². The standard InChI is InChI=1S/C26H38N2OS/c1-5-27(6-2)23(20-29-19-21(3)4)18-28-24(22-12-8-7-9-13-22)16-17-30-26-15-11-10-14-25(26)28/h7-15,21,23-24H,5-6,16-20H2,1-4H3. The minimum atomic E-state index is 0.376. The van der Waals surface area contributed by atoms with Crippen molar-refractivity contribution in [2.24, 2.45) is 5.92 Å². The van der Waals surface area contributed by atoms with Gasteiger partial charge in [0.25, 0.3) is 0 Å². The van der Waals surface area contributed by atoms with Gasteiger partial charge in [-0.2, -0.15) is 0 Å². The molecule has 1 aliphatic rings. The molecule has 0 aromatic heterocycles. The van der Waals surface area contributed by atoms with Crippen LogP contribution in [-0.2, 0) is 4.74 Å². The highest BCUT2D eigenvalue weighted by atomic mass is 32.2. The average molecular weight is 427 g/mol. The van der Waals surface area contributed by atoms with Crippen LogP contribution in [0.15, 0.2) is 59.5 Å². The Morgan fingerprint density at radius 3 is 2.40 bits per heavy atom. The molecule has 2 atom stereocenters. The number of fused-ring (bicyclic) bond motifs is 1. The van der Waals surface area contributed by atoms with E-state index in [0.29, 0.717) is 18.0 Å². The SMILES string of the molecule is CCN(CC)C(COCC(C)C)CN1c2ccccc2SCCC1c1ccccc1. The van der Waals surface area contributed by atoms with Crippen LogP contribution in [0.25, 0.3) is 0 Å². The number of hydrogen-bond acceptors (Lipinski definition) is 4. The molecule has 3 rings (SSSR count). The number of anilines is 1. The molecule has 164 valence electrons. The van der Waals surface area contributed by atoms with E-state index in [0.717, 1.165) is 45.0 Å². The van der Waals surface area contributed by atoms with Crippen molar-refractivity contribution in [2.75, 3.05) is 43.5 Å². The zero-order valence-electron chi connectivity index (χ0n) is 19.1. The Morgan fingerprint density at radius 1 is 1.00 bits per heavy atom. The third-order valence-electron chi connectivity index (χ3n) is 5.88. The normalized spacial score (nSPS) is 17.8. The maximum absolute atomic E-state index is 6.17. The minimum absolute atomic E-state index is 0.376. The number of benzene rings is 2. The lowest BCUT2D eigenvalue weighted by Gasteiger charge is -2.39. The van der Waals surface area contributed by atoms with E-state index in [-0.39, 0.29) is 0 Å². The molecule has 0 fully saturated rings. The largest absolute Gasteiger partial charge is 0.379 e. The van der Waals surface area contributed by atoms with Gasteiger partial charge in [0.2, 0.25) is 0 Å². The van der Waals surface area contributed by atoms with Gasteiger partial charge in [0, 0.05) is 23.8 Å². The zero-order valence-corrected chi connectivity index (χ0v) is 19.9. The number of para-hydroxylation sites is 1. The number of thioether (sulfide) groups is 1. The highest BCUT2D eigenvalue weighted by Crippen LogP contribution is 2.41. The number of nitrogens with zero attached hydrogens (tertiary/aromatic N) is 2. The van der Waals surface area contributed by atoms with Crippen molar-refractivity contribution in [3.05, 3.63) is 60.2 Å². The lowest BCUT2D eigenvalue weighted by atomic mass is 10.0. The molecule has 0 amide bonds. The van der Waals surface area contributed by atoms with Crippen LogP contribution in [0.4, 0.5) is 5.69 Å².